The molecule has 0 aliphatic heterocycles. The molecule has 0 aliphatic rings. The van der Waals surface area contributed by atoms with Gasteiger partial charge in [0, 0.05) is 11.9 Å². The van der Waals surface area contributed by atoms with Crippen molar-refractivity contribution in [2.75, 3.05) is 14.2 Å². The molecule has 0 saturated heterocycles. The fourth-order valence-corrected chi connectivity index (χ4v) is 2.11. The number of para-hydroxylation sites is 1. The van der Waals surface area contributed by atoms with E-state index in [1.807, 2.05) is 35.8 Å². The Hall–Kier alpha value is -1.97. The number of fused-ring (bicyclic) bond motifs is 1. The average molecular weight is 233 g/mol. The number of esters is 1. The predicted octanol–water partition coefficient (Wildman–Crippen LogP) is 2.46. The summed E-state index contributed by atoms with van der Waals surface area (Å²) in [5, 5.41) is 0.928. The average Bonchev–Trinajstić information content (AvgIpc) is 2.71. The highest BCUT2D eigenvalue weighted by atomic mass is 16.5. The van der Waals surface area contributed by atoms with Crippen LogP contribution in [0.3, 0.4) is 0 Å². The highest BCUT2D eigenvalue weighted by Gasteiger charge is 2.23. The monoisotopic (exact) mass is 233 g/mol. The van der Waals surface area contributed by atoms with E-state index in [4.69, 9.17) is 9.47 Å². The van der Waals surface area contributed by atoms with Crippen molar-refractivity contribution in [3.63, 3.8) is 0 Å². The highest BCUT2D eigenvalue weighted by Crippen LogP contribution is 2.33. The van der Waals surface area contributed by atoms with Crippen molar-refractivity contribution >= 4 is 16.9 Å². The van der Waals surface area contributed by atoms with Crippen LogP contribution in [0.15, 0.2) is 24.3 Å². The van der Waals surface area contributed by atoms with E-state index in [9.17, 15) is 4.79 Å². The Labute approximate surface area is 99.7 Å². The van der Waals surface area contributed by atoms with E-state index in [1.54, 1.807) is 7.11 Å². The van der Waals surface area contributed by atoms with E-state index in [0.29, 0.717) is 18.0 Å². The van der Waals surface area contributed by atoms with E-state index in [1.165, 1.54) is 7.11 Å². The first-order chi connectivity index (χ1) is 8.24. The first-order valence-corrected chi connectivity index (χ1v) is 5.48. The SMILES string of the molecule is CCn1c(C(=O)OC)c(OC)c2ccccc21. The van der Waals surface area contributed by atoms with Crippen LogP contribution in [-0.4, -0.2) is 24.8 Å². The van der Waals surface area contributed by atoms with Crippen LogP contribution in [-0.2, 0) is 11.3 Å². The van der Waals surface area contributed by atoms with Crippen LogP contribution in [0.25, 0.3) is 10.9 Å². The molecule has 2 rings (SSSR count). The Morgan fingerprint density at radius 2 is 2.00 bits per heavy atom. The number of carbonyl (C=O) groups excluding carboxylic acids is 1. The fourth-order valence-electron chi connectivity index (χ4n) is 2.11. The van der Waals surface area contributed by atoms with Gasteiger partial charge in [-0.15, -0.1) is 0 Å². The van der Waals surface area contributed by atoms with E-state index in [2.05, 4.69) is 0 Å². The lowest BCUT2D eigenvalue weighted by Gasteiger charge is -2.06. The van der Waals surface area contributed by atoms with Crippen LogP contribution in [0.2, 0.25) is 0 Å². The van der Waals surface area contributed by atoms with Crippen LogP contribution < -0.4 is 4.74 Å². The topological polar surface area (TPSA) is 40.5 Å². The molecule has 0 radical (unpaired) electrons. The molecule has 0 fully saturated rings. The zero-order chi connectivity index (χ0) is 12.4. The second-order valence-electron chi connectivity index (χ2n) is 3.63. The standard InChI is InChI=1S/C13H15NO3/c1-4-14-10-8-6-5-7-9(10)12(16-2)11(14)13(15)17-3/h5-8H,4H2,1-3H3. The molecule has 90 valence electrons. The Morgan fingerprint density at radius 1 is 1.29 bits per heavy atom. The van der Waals surface area contributed by atoms with E-state index in [-0.39, 0.29) is 5.97 Å². The Balaban J connectivity index is 2.83. The van der Waals surface area contributed by atoms with Gasteiger partial charge in [0.2, 0.25) is 0 Å². The summed E-state index contributed by atoms with van der Waals surface area (Å²) >= 11 is 0. The van der Waals surface area contributed by atoms with Gasteiger partial charge in [-0.25, -0.2) is 4.79 Å². The van der Waals surface area contributed by atoms with Crippen LogP contribution in [0.4, 0.5) is 0 Å². The molecule has 1 aromatic carbocycles. The van der Waals surface area contributed by atoms with Crippen LogP contribution >= 0.6 is 0 Å². The van der Waals surface area contributed by atoms with E-state index >= 15 is 0 Å². The van der Waals surface area contributed by atoms with E-state index < -0.39 is 0 Å². The van der Waals surface area contributed by atoms with Crippen molar-refractivity contribution in [1.29, 1.82) is 0 Å². The van der Waals surface area contributed by atoms with Crippen LogP contribution in [0.1, 0.15) is 17.4 Å². The van der Waals surface area contributed by atoms with Gasteiger partial charge in [-0.05, 0) is 19.1 Å². The second-order valence-corrected chi connectivity index (χ2v) is 3.63. The smallest absolute Gasteiger partial charge is 0.358 e. The summed E-state index contributed by atoms with van der Waals surface area (Å²) in [5.41, 5.74) is 1.45. The molecule has 1 heterocycles. The minimum Gasteiger partial charge on any atom is -0.494 e. The molecule has 0 bridgehead atoms. The van der Waals surface area contributed by atoms with Gasteiger partial charge in [-0.3, -0.25) is 0 Å². The van der Waals surface area contributed by atoms with Crippen molar-refractivity contribution in [2.24, 2.45) is 0 Å². The Morgan fingerprint density at radius 3 is 2.59 bits per heavy atom. The number of ether oxygens (including phenoxy) is 2. The molecule has 0 spiro atoms. The van der Waals surface area contributed by atoms with Crippen molar-refractivity contribution in [2.45, 2.75) is 13.5 Å². The van der Waals surface area contributed by atoms with Crippen molar-refractivity contribution in [1.82, 2.24) is 4.57 Å². The maximum absolute atomic E-state index is 11.8. The van der Waals surface area contributed by atoms with Gasteiger partial charge in [0.15, 0.2) is 11.4 Å². The molecule has 0 saturated carbocycles. The third-order valence-corrected chi connectivity index (χ3v) is 2.82. The molecule has 0 unspecified atom stereocenters. The second kappa shape index (κ2) is 4.49. The molecule has 4 nitrogen and oxygen atoms in total. The quantitative estimate of drug-likeness (QED) is 0.764. The van der Waals surface area contributed by atoms with Crippen LogP contribution in [0, 0.1) is 0 Å². The third-order valence-electron chi connectivity index (χ3n) is 2.82. The molecule has 2 aromatic rings. The Kier molecular flexibility index (Phi) is 3.04. The first kappa shape index (κ1) is 11.5. The number of aromatic nitrogens is 1. The van der Waals surface area contributed by atoms with Gasteiger partial charge < -0.3 is 14.0 Å². The van der Waals surface area contributed by atoms with E-state index in [0.717, 1.165) is 10.9 Å². The maximum atomic E-state index is 11.8. The molecule has 4 heteroatoms. The van der Waals surface area contributed by atoms with Gasteiger partial charge in [0.05, 0.1) is 19.7 Å². The molecular formula is C13H15NO3. The van der Waals surface area contributed by atoms with Crippen LogP contribution in [0.5, 0.6) is 5.75 Å². The number of methoxy groups -OCH3 is 2. The summed E-state index contributed by atoms with van der Waals surface area (Å²) in [7, 11) is 2.94. The molecule has 1 aromatic heterocycles. The highest BCUT2D eigenvalue weighted by molar-refractivity contribution is 6.01. The predicted molar refractivity (Wildman–Crippen MR) is 65.5 cm³/mol. The first-order valence-electron chi connectivity index (χ1n) is 5.48. The van der Waals surface area contributed by atoms with Gasteiger partial charge in [-0.2, -0.15) is 0 Å². The van der Waals surface area contributed by atoms with Crippen molar-refractivity contribution in [3.05, 3.63) is 30.0 Å². The molecule has 0 aliphatic carbocycles. The number of hydrogen-bond acceptors (Lipinski definition) is 3. The number of benzene rings is 1. The zero-order valence-corrected chi connectivity index (χ0v) is 10.2. The number of nitrogens with zero attached hydrogens (tertiary/aromatic N) is 1. The van der Waals surface area contributed by atoms with Crippen molar-refractivity contribution in [3.8, 4) is 5.75 Å². The minimum atomic E-state index is -0.375. The van der Waals surface area contributed by atoms with Gasteiger partial charge in [0.25, 0.3) is 0 Å². The zero-order valence-electron chi connectivity index (χ0n) is 10.2. The molecule has 0 N–H and O–H groups in total. The lowest BCUT2D eigenvalue weighted by molar-refractivity contribution is 0.0585. The minimum absolute atomic E-state index is 0.375. The fraction of sp³-hybridized carbons (Fsp3) is 0.308. The lowest BCUT2D eigenvalue weighted by atomic mass is 10.2. The third kappa shape index (κ3) is 1.65. The summed E-state index contributed by atoms with van der Waals surface area (Å²) in [6, 6.07) is 7.77. The van der Waals surface area contributed by atoms with Crippen molar-refractivity contribution < 1.29 is 14.3 Å². The summed E-state index contributed by atoms with van der Waals surface area (Å²) in [5.74, 6) is 0.203. The number of carbonyl (C=O) groups is 1. The van der Waals surface area contributed by atoms with Gasteiger partial charge >= 0.3 is 5.97 Å². The van der Waals surface area contributed by atoms with Gasteiger partial charge in [0.1, 0.15) is 0 Å². The molecule has 0 atom stereocenters. The largest absolute Gasteiger partial charge is 0.494 e. The summed E-state index contributed by atoms with van der Waals surface area (Å²) in [4.78, 5) is 11.8. The lowest BCUT2D eigenvalue weighted by Crippen LogP contribution is -2.10. The summed E-state index contributed by atoms with van der Waals surface area (Å²) in [6.45, 7) is 2.67. The maximum Gasteiger partial charge on any atom is 0.358 e. The molecular weight excluding hydrogens is 218 g/mol. The normalized spacial score (nSPS) is 10.5. The number of hydrogen-bond donors (Lipinski definition) is 0. The Bertz CT molecular complexity index is 516. The summed E-state index contributed by atoms with van der Waals surface area (Å²) < 4.78 is 12.1. The number of rotatable bonds is 3. The molecule has 0 amide bonds. The summed E-state index contributed by atoms with van der Waals surface area (Å²) in [6.07, 6.45) is 0. The van der Waals surface area contributed by atoms with Gasteiger partial charge in [-0.1, -0.05) is 12.1 Å². The molecule has 17 heavy (non-hydrogen) atoms. The number of aryl methyl sites for hydroxylation is 1.